The van der Waals surface area contributed by atoms with Crippen molar-refractivity contribution in [3.63, 3.8) is 0 Å². The first-order valence-corrected chi connectivity index (χ1v) is 7.14. The van der Waals surface area contributed by atoms with Crippen molar-refractivity contribution in [3.8, 4) is 0 Å². The van der Waals surface area contributed by atoms with Crippen LogP contribution in [0.2, 0.25) is 5.02 Å². The molecule has 20 heavy (non-hydrogen) atoms. The van der Waals surface area contributed by atoms with Gasteiger partial charge in [0, 0.05) is 29.7 Å². The van der Waals surface area contributed by atoms with E-state index in [0.29, 0.717) is 17.3 Å². The molecule has 2 aromatic rings. The van der Waals surface area contributed by atoms with Crippen LogP contribution in [0.3, 0.4) is 0 Å². The number of nitrogens with one attached hydrogen (secondary N) is 1. The van der Waals surface area contributed by atoms with E-state index in [4.69, 9.17) is 11.6 Å². The standard InChI is InChI=1S/C14H12BrClN2O2/c15-10-4-5-12(11(16)9-10)17-13(19)6-8-18-7-2-1-3-14(18)20/h1-5,7,9H,6,8H2,(H,17,19). The Hall–Kier alpha value is -1.59. The Bertz CT molecular complexity index is 685. The van der Waals surface area contributed by atoms with Gasteiger partial charge in [0.25, 0.3) is 5.56 Å². The lowest BCUT2D eigenvalue weighted by Gasteiger charge is -2.08. The third kappa shape index (κ3) is 3.95. The molecule has 1 N–H and O–H groups in total. The van der Waals surface area contributed by atoms with E-state index in [-0.39, 0.29) is 17.9 Å². The predicted molar refractivity (Wildman–Crippen MR) is 83.1 cm³/mol. The number of nitrogens with zero attached hydrogens (tertiary/aromatic N) is 1. The number of hydrogen-bond donors (Lipinski definition) is 1. The summed E-state index contributed by atoms with van der Waals surface area (Å²) >= 11 is 9.31. The highest BCUT2D eigenvalue weighted by Crippen LogP contribution is 2.25. The lowest BCUT2D eigenvalue weighted by molar-refractivity contribution is -0.116. The molecule has 4 nitrogen and oxygen atoms in total. The Morgan fingerprint density at radius 1 is 1.30 bits per heavy atom. The highest BCUT2D eigenvalue weighted by atomic mass is 79.9. The van der Waals surface area contributed by atoms with Gasteiger partial charge in [-0.3, -0.25) is 9.59 Å². The van der Waals surface area contributed by atoms with Crippen molar-refractivity contribution in [2.24, 2.45) is 0 Å². The van der Waals surface area contributed by atoms with Gasteiger partial charge in [0.05, 0.1) is 10.7 Å². The number of aryl methyl sites for hydroxylation is 1. The van der Waals surface area contributed by atoms with Crippen molar-refractivity contribution in [2.75, 3.05) is 5.32 Å². The largest absolute Gasteiger partial charge is 0.325 e. The third-order valence-electron chi connectivity index (χ3n) is 2.68. The van der Waals surface area contributed by atoms with Crippen LogP contribution in [0.5, 0.6) is 0 Å². The second kappa shape index (κ2) is 6.72. The first-order chi connectivity index (χ1) is 9.56. The van der Waals surface area contributed by atoms with Gasteiger partial charge in [0.15, 0.2) is 0 Å². The summed E-state index contributed by atoms with van der Waals surface area (Å²) in [6.07, 6.45) is 1.86. The maximum absolute atomic E-state index is 11.8. The molecule has 0 spiro atoms. The Balaban J connectivity index is 1.96. The number of halogens is 2. The molecular weight excluding hydrogens is 344 g/mol. The van der Waals surface area contributed by atoms with E-state index in [1.54, 1.807) is 36.5 Å². The molecule has 1 aromatic carbocycles. The summed E-state index contributed by atoms with van der Waals surface area (Å²) < 4.78 is 2.33. The van der Waals surface area contributed by atoms with Gasteiger partial charge in [0.1, 0.15) is 0 Å². The zero-order chi connectivity index (χ0) is 14.5. The molecule has 2 rings (SSSR count). The van der Waals surface area contributed by atoms with Crippen molar-refractivity contribution >= 4 is 39.1 Å². The second-order valence-electron chi connectivity index (χ2n) is 4.15. The molecule has 0 atom stereocenters. The molecule has 0 saturated heterocycles. The molecule has 0 bridgehead atoms. The van der Waals surface area contributed by atoms with Gasteiger partial charge < -0.3 is 9.88 Å². The van der Waals surface area contributed by atoms with E-state index in [0.717, 1.165) is 4.47 Å². The number of aromatic nitrogens is 1. The van der Waals surface area contributed by atoms with Crippen LogP contribution in [0.25, 0.3) is 0 Å². The number of anilines is 1. The highest BCUT2D eigenvalue weighted by Gasteiger charge is 2.06. The highest BCUT2D eigenvalue weighted by molar-refractivity contribution is 9.10. The second-order valence-corrected chi connectivity index (χ2v) is 5.48. The van der Waals surface area contributed by atoms with Crippen LogP contribution < -0.4 is 10.9 Å². The van der Waals surface area contributed by atoms with Gasteiger partial charge in [-0.15, -0.1) is 0 Å². The number of carbonyl (C=O) groups is 1. The van der Waals surface area contributed by atoms with Crippen LogP contribution in [-0.2, 0) is 11.3 Å². The van der Waals surface area contributed by atoms with E-state index in [1.165, 1.54) is 10.6 Å². The first-order valence-electron chi connectivity index (χ1n) is 5.96. The molecule has 1 aromatic heterocycles. The average Bonchev–Trinajstić information content (AvgIpc) is 2.41. The summed E-state index contributed by atoms with van der Waals surface area (Å²) in [5.74, 6) is -0.190. The summed E-state index contributed by atoms with van der Waals surface area (Å²) in [4.78, 5) is 23.3. The van der Waals surface area contributed by atoms with Crippen molar-refractivity contribution in [2.45, 2.75) is 13.0 Å². The first kappa shape index (κ1) is 14.8. The summed E-state index contributed by atoms with van der Waals surface area (Å²) in [6, 6.07) is 10.1. The third-order valence-corrected chi connectivity index (χ3v) is 3.49. The minimum Gasteiger partial charge on any atom is -0.325 e. The summed E-state index contributed by atoms with van der Waals surface area (Å²) in [5.41, 5.74) is 0.433. The fraction of sp³-hybridized carbons (Fsp3) is 0.143. The number of carbonyl (C=O) groups excluding carboxylic acids is 1. The van der Waals surface area contributed by atoms with E-state index in [1.807, 2.05) is 0 Å². The lowest BCUT2D eigenvalue weighted by Crippen LogP contribution is -2.21. The van der Waals surface area contributed by atoms with Gasteiger partial charge in [-0.25, -0.2) is 0 Å². The van der Waals surface area contributed by atoms with Crippen LogP contribution in [0.1, 0.15) is 6.42 Å². The predicted octanol–water partition coefficient (Wildman–Crippen LogP) is 3.29. The lowest BCUT2D eigenvalue weighted by atomic mass is 10.3. The molecular formula is C14H12BrClN2O2. The Morgan fingerprint density at radius 2 is 2.10 bits per heavy atom. The smallest absolute Gasteiger partial charge is 0.250 e. The van der Waals surface area contributed by atoms with E-state index >= 15 is 0 Å². The normalized spacial score (nSPS) is 10.3. The Kier molecular flexibility index (Phi) is 4.98. The zero-order valence-corrected chi connectivity index (χ0v) is 12.8. The maximum atomic E-state index is 11.8. The van der Waals surface area contributed by atoms with Gasteiger partial charge in [0.2, 0.25) is 5.91 Å². The molecule has 0 aliphatic carbocycles. The number of benzene rings is 1. The molecule has 0 aliphatic heterocycles. The van der Waals surface area contributed by atoms with Crippen LogP contribution in [0, 0.1) is 0 Å². The fourth-order valence-corrected chi connectivity index (χ4v) is 2.39. The summed E-state index contributed by atoms with van der Waals surface area (Å²) in [7, 11) is 0. The van der Waals surface area contributed by atoms with Gasteiger partial charge in [-0.1, -0.05) is 33.6 Å². The summed E-state index contributed by atoms with van der Waals surface area (Å²) in [5, 5.41) is 3.18. The minimum atomic E-state index is -0.190. The molecule has 0 unspecified atom stereocenters. The zero-order valence-electron chi connectivity index (χ0n) is 10.5. The Morgan fingerprint density at radius 3 is 2.80 bits per heavy atom. The monoisotopic (exact) mass is 354 g/mol. The topological polar surface area (TPSA) is 51.1 Å². The quantitative estimate of drug-likeness (QED) is 0.915. The van der Waals surface area contributed by atoms with Crippen LogP contribution in [0.15, 0.2) is 51.9 Å². The molecule has 0 saturated carbocycles. The van der Waals surface area contributed by atoms with Crippen molar-refractivity contribution in [3.05, 3.63) is 62.4 Å². The molecule has 1 amide bonds. The SMILES string of the molecule is O=C(CCn1ccccc1=O)Nc1ccc(Br)cc1Cl. The van der Waals surface area contributed by atoms with E-state index in [9.17, 15) is 9.59 Å². The van der Waals surface area contributed by atoms with Gasteiger partial charge >= 0.3 is 0 Å². The molecule has 0 radical (unpaired) electrons. The van der Waals surface area contributed by atoms with Crippen LogP contribution in [-0.4, -0.2) is 10.5 Å². The number of pyridine rings is 1. The molecule has 1 heterocycles. The summed E-state index contributed by atoms with van der Waals surface area (Å²) in [6.45, 7) is 0.333. The molecule has 0 aliphatic rings. The molecule has 6 heteroatoms. The Labute approximate surface area is 129 Å². The van der Waals surface area contributed by atoms with Crippen LogP contribution in [0.4, 0.5) is 5.69 Å². The number of hydrogen-bond acceptors (Lipinski definition) is 2. The fourth-order valence-electron chi connectivity index (χ4n) is 1.67. The van der Waals surface area contributed by atoms with E-state index < -0.39 is 0 Å². The van der Waals surface area contributed by atoms with Gasteiger partial charge in [-0.05, 0) is 24.3 Å². The number of amides is 1. The molecule has 0 fully saturated rings. The van der Waals surface area contributed by atoms with Crippen molar-refractivity contribution < 1.29 is 4.79 Å². The van der Waals surface area contributed by atoms with Crippen molar-refractivity contribution in [1.82, 2.24) is 4.57 Å². The number of rotatable bonds is 4. The average molecular weight is 356 g/mol. The van der Waals surface area contributed by atoms with Gasteiger partial charge in [-0.2, -0.15) is 0 Å². The maximum Gasteiger partial charge on any atom is 0.250 e. The van der Waals surface area contributed by atoms with E-state index in [2.05, 4.69) is 21.2 Å². The minimum absolute atomic E-state index is 0.123. The van der Waals surface area contributed by atoms with Crippen LogP contribution >= 0.6 is 27.5 Å². The van der Waals surface area contributed by atoms with Crippen molar-refractivity contribution in [1.29, 1.82) is 0 Å². The molecule has 104 valence electrons.